The van der Waals surface area contributed by atoms with Crippen molar-refractivity contribution in [3.05, 3.63) is 29.8 Å². The van der Waals surface area contributed by atoms with Crippen LogP contribution in [0, 0.1) is 0 Å². The molecule has 4 nitrogen and oxygen atoms in total. The number of aliphatic hydroxyl groups is 1. The first kappa shape index (κ1) is 14.0. The van der Waals surface area contributed by atoms with Crippen molar-refractivity contribution in [3.63, 3.8) is 0 Å². The number of rotatable bonds is 4. The standard InChI is InChI=1S/C15H22N2O2/c1-11(18)17-15-8-3-2-5-12(15)10-16-13-6-4-7-14(19)9-13/h2-3,5,8,13-14,16,19H,4,6-7,9-10H2,1H3,(H,17,18). The molecular formula is C15H22N2O2. The molecule has 0 heterocycles. The monoisotopic (exact) mass is 262 g/mol. The van der Waals surface area contributed by atoms with Gasteiger partial charge < -0.3 is 15.7 Å². The number of aliphatic hydroxyl groups excluding tert-OH is 1. The highest BCUT2D eigenvalue weighted by Gasteiger charge is 2.19. The van der Waals surface area contributed by atoms with E-state index in [4.69, 9.17) is 0 Å². The Kier molecular flexibility index (Phi) is 4.93. The van der Waals surface area contributed by atoms with Crippen molar-refractivity contribution in [3.8, 4) is 0 Å². The molecule has 0 radical (unpaired) electrons. The van der Waals surface area contributed by atoms with Gasteiger partial charge in [0.2, 0.25) is 5.91 Å². The van der Waals surface area contributed by atoms with Crippen LogP contribution in [-0.4, -0.2) is 23.2 Å². The minimum Gasteiger partial charge on any atom is -0.393 e. The third-order valence-electron chi connectivity index (χ3n) is 3.56. The minimum atomic E-state index is -0.170. The Morgan fingerprint density at radius 2 is 2.16 bits per heavy atom. The summed E-state index contributed by atoms with van der Waals surface area (Å²) in [6.45, 7) is 2.23. The second-order valence-corrected chi connectivity index (χ2v) is 5.24. The highest BCUT2D eigenvalue weighted by atomic mass is 16.3. The molecule has 1 aromatic carbocycles. The van der Waals surface area contributed by atoms with Gasteiger partial charge in [-0.1, -0.05) is 18.2 Å². The number of nitrogens with one attached hydrogen (secondary N) is 2. The predicted molar refractivity (Wildman–Crippen MR) is 75.8 cm³/mol. The van der Waals surface area contributed by atoms with Crippen molar-refractivity contribution in [2.45, 2.75) is 51.3 Å². The van der Waals surface area contributed by atoms with E-state index >= 15 is 0 Å². The van der Waals surface area contributed by atoms with Gasteiger partial charge in [0.05, 0.1) is 6.10 Å². The summed E-state index contributed by atoms with van der Waals surface area (Å²) in [7, 11) is 0. The summed E-state index contributed by atoms with van der Waals surface area (Å²) < 4.78 is 0. The fraction of sp³-hybridized carbons (Fsp3) is 0.533. The third-order valence-corrected chi connectivity index (χ3v) is 3.56. The van der Waals surface area contributed by atoms with Crippen molar-refractivity contribution < 1.29 is 9.90 Å². The Labute approximate surface area is 114 Å². The number of carbonyl (C=O) groups is 1. The lowest BCUT2D eigenvalue weighted by Gasteiger charge is -2.27. The van der Waals surface area contributed by atoms with Crippen LogP contribution in [0.15, 0.2) is 24.3 Å². The maximum Gasteiger partial charge on any atom is 0.221 e. The van der Waals surface area contributed by atoms with E-state index in [0.29, 0.717) is 12.6 Å². The Bertz CT molecular complexity index is 434. The maximum atomic E-state index is 11.1. The van der Waals surface area contributed by atoms with E-state index in [9.17, 15) is 9.90 Å². The van der Waals surface area contributed by atoms with E-state index in [1.165, 1.54) is 6.92 Å². The zero-order valence-corrected chi connectivity index (χ0v) is 11.4. The van der Waals surface area contributed by atoms with E-state index in [1.807, 2.05) is 24.3 Å². The summed E-state index contributed by atoms with van der Waals surface area (Å²) in [6, 6.07) is 8.18. The van der Waals surface area contributed by atoms with Crippen LogP contribution in [0.3, 0.4) is 0 Å². The Morgan fingerprint density at radius 3 is 2.89 bits per heavy atom. The van der Waals surface area contributed by atoms with Crippen LogP contribution < -0.4 is 10.6 Å². The van der Waals surface area contributed by atoms with E-state index in [-0.39, 0.29) is 12.0 Å². The number of anilines is 1. The van der Waals surface area contributed by atoms with Gasteiger partial charge in [-0.05, 0) is 37.3 Å². The van der Waals surface area contributed by atoms with E-state index in [2.05, 4.69) is 10.6 Å². The SMILES string of the molecule is CC(=O)Nc1ccccc1CNC1CCCC(O)C1. The normalized spacial score (nSPS) is 23.1. The molecule has 19 heavy (non-hydrogen) atoms. The molecule has 2 rings (SSSR count). The van der Waals surface area contributed by atoms with Gasteiger partial charge >= 0.3 is 0 Å². The molecule has 104 valence electrons. The number of para-hydroxylation sites is 1. The molecule has 1 amide bonds. The number of carbonyl (C=O) groups excluding carboxylic acids is 1. The van der Waals surface area contributed by atoms with Crippen LogP contribution in [0.5, 0.6) is 0 Å². The first-order chi connectivity index (χ1) is 9.15. The second-order valence-electron chi connectivity index (χ2n) is 5.24. The summed E-state index contributed by atoms with van der Waals surface area (Å²) in [5.74, 6) is -0.0551. The Morgan fingerprint density at radius 1 is 1.37 bits per heavy atom. The topological polar surface area (TPSA) is 61.4 Å². The summed E-state index contributed by atoms with van der Waals surface area (Å²) in [6.07, 6.45) is 3.76. The molecular weight excluding hydrogens is 240 g/mol. The molecule has 0 spiro atoms. The molecule has 2 unspecified atom stereocenters. The molecule has 1 saturated carbocycles. The average molecular weight is 262 g/mol. The average Bonchev–Trinajstić information content (AvgIpc) is 2.37. The van der Waals surface area contributed by atoms with Crippen LogP contribution in [0.1, 0.15) is 38.2 Å². The molecule has 1 fully saturated rings. The van der Waals surface area contributed by atoms with Gasteiger partial charge in [0.15, 0.2) is 0 Å². The molecule has 0 saturated heterocycles. The first-order valence-electron chi connectivity index (χ1n) is 6.92. The number of hydrogen-bond donors (Lipinski definition) is 3. The molecule has 0 aliphatic heterocycles. The molecule has 0 aromatic heterocycles. The van der Waals surface area contributed by atoms with Gasteiger partial charge in [-0.25, -0.2) is 0 Å². The van der Waals surface area contributed by atoms with Gasteiger partial charge in [0.25, 0.3) is 0 Å². The first-order valence-corrected chi connectivity index (χ1v) is 6.92. The second kappa shape index (κ2) is 6.68. The summed E-state index contributed by atoms with van der Waals surface area (Å²) >= 11 is 0. The van der Waals surface area contributed by atoms with Crippen molar-refractivity contribution in [2.24, 2.45) is 0 Å². The van der Waals surface area contributed by atoms with E-state index in [0.717, 1.165) is 36.9 Å². The van der Waals surface area contributed by atoms with Crippen molar-refractivity contribution in [1.29, 1.82) is 0 Å². The van der Waals surface area contributed by atoms with E-state index < -0.39 is 0 Å². The lowest BCUT2D eigenvalue weighted by Crippen LogP contribution is -2.35. The largest absolute Gasteiger partial charge is 0.393 e. The van der Waals surface area contributed by atoms with Crippen LogP contribution in [-0.2, 0) is 11.3 Å². The zero-order valence-electron chi connectivity index (χ0n) is 11.4. The van der Waals surface area contributed by atoms with Crippen molar-refractivity contribution >= 4 is 11.6 Å². The molecule has 1 aliphatic rings. The molecule has 1 aromatic rings. The van der Waals surface area contributed by atoms with Gasteiger partial charge in [-0.2, -0.15) is 0 Å². The number of hydrogen-bond acceptors (Lipinski definition) is 3. The predicted octanol–water partition coefficient (Wildman–Crippen LogP) is 2.04. The third kappa shape index (κ3) is 4.33. The van der Waals surface area contributed by atoms with Gasteiger partial charge in [0.1, 0.15) is 0 Å². The Balaban J connectivity index is 1.93. The van der Waals surface area contributed by atoms with Crippen LogP contribution in [0.4, 0.5) is 5.69 Å². The van der Waals surface area contributed by atoms with Crippen molar-refractivity contribution in [2.75, 3.05) is 5.32 Å². The minimum absolute atomic E-state index is 0.0551. The lowest BCUT2D eigenvalue weighted by atomic mass is 9.93. The van der Waals surface area contributed by atoms with Crippen LogP contribution in [0.25, 0.3) is 0 Å². The summed E-state index contributed by atoms with van der Waals surface area (Å²) in [4.78, 5) is 11.1. The van der Waals surface area contributed by atoms with Gasteiger partial charge in [0, 0.05) is 25.2 Å². The summed E-state index contributed by atoms with van der Waals surface area (Å²) in [5.41, 5.74) is 1.94. The number of amides is 1. The molecule has 3 N–H and O–H groups in total. The van der Waals surface area contributed by atoms with Gasteiger partial charge in [-0.3, -0.25) is 4.79 Å². The quantitative estimate of drug-likeness (QED) is 0.778. The molecule has 4 heteroatoms. The fourth-order valence-corrected chi connectivity index (χ4v) is 2.59. The lowest BCUT2D eigenvalue weighted by molar-refractivity contribution is -0.114. The highest BCUT2D eigenvalue weighted by molar-refractivity contribution is 5.89. The Hall–Kier alpha value is -1.39. The van der Waals surface area contributed by atoms with Crippen LogP contribution in [0.2, 0.25) is 0 Å². The van der Waals surface area contributed by atoms with Crippen molar-refractivity contribution in [1.82, 2.24) is 5.32 Å². The van der Waals surface area contributed by atoms with Gasteiger partial charge in [-0.15, -0.1) is 0 Å². The smallest absolute Gasteiger partial charge is 0.221 e. The zero-order chi connectivity index (χ0) is 13.7. The number of benzene rings is 1. The molecule has 0 bridgehead atoms. The molecule has 2 atom stereocenters. The molecule has 1 aliphatic carbocycles. The highest BCUT2D eigenvalue weighted by Crippen LogP contribution is 2.20. The summed E-state index contributed by atoms with van der Waals surface area (Å²) in [5, 5.41) is 16.0. The van der Waals surface area contributed by atoms with Crippen LogP contribution >= 0.6 is 0 Å². The maximum absolute atomic E-state index is 11.1. The van der Waals surface area contributed by atoms with E-state index in [1.54, 1.807) is 0 Å². The fourth-order valence-electron chi connectivity index (χ4n) is 2.59.